The van der Waals surface area contributed by atoms with E-state index in [0.717, 1.165) is 5.56 Å². The number of rotatable bonds is 11. The highest BCUT2D eigenvalue weighted by atomic mass is 19.4. The van der Waals surface area contributed by atoms with Gasteiger partial charge in [0.2, 0.25) is 11.9 Å². The molecule has 0 bridgehead atoms. The second-order valence-electron chi connectivity index (χ2n) is 7.33. The lowest BCUT2D eigenvalue weighted by atomic mass is 10.2. The number of nitrogens with one attached hydrogen (secondary N) is 2. The Morgan fingerprint density at radius 3 is 2.08 bits per heavy atom. The molecule has 0 unspecified atom stereocenters. The van der Waals surface area contributed by atoms with Gasteiger partial charge in [-0.15, -0.1) is 0 Å². The Morgan fingerprint density at radius 2 is 1.50 bits per heavy atom. The Morgan fingerprint density at radius 1 is 0.889 bits per heavy atom. The van der Waals surface area contributed by atoms with Crippen LogP contribution in [0.1, 0.15) is 25.8 Å². The van der Waals surface area contributed by atoms with Gasteiger partial charge in [-0.25, -0.2) is 0 Å². The highest BCUT2D eigenvalue weighted by Crippen LogP contribution is 2.22. The molecule has 2 N–H and O–H groups in total. The minimum Gasteiger partial charge on any atom is -0.497 e. The number of anilines is 3. The minimum atomic E-state index is -4.53. The molecule has 0 aliphatic rings. The van der Waals surface area contributed by atoms with Crippen LogP contribution in [0.15, 0.2) is 61.2 Å². The summed E-state index contributed by atoms with van der Waals surface area (Å²) in [7, 11) is 1.57. The third-order valence-electron chi connectivity index (χ3n) is 4.07. The van der Waals surface area contributed by atoms with E-state index in [0.29, 0.717) is 30.3 Å². The molecule has 0 aliphatic heterocycles. The van der Waals surface area contributed by atoms with Gasteiger partial charge in [0.1, 0.15) is 18.1 Å². The molecule has 0 saturated heterocycles. The molecule has 0 fully saturated rings. The van der Waals surface area contributed by atoms with E-state index >= 15 is 0 Å². The van der Waals surface area contributed by atoms with Crippen LogP contribution in [-0.4, -0.2) is 41.5 Å². The number of halogens is 3. The molecule has 0 atom stereocenters. The number of hydrogen-bond donors (Lipinski definition) is 2. The number of aromatic nitrogens is 3. The summed E-state index contributed by atoms with van der Waals surface area (Å²) in [4.78, 5) is 12.1. The predicted molar refractivity (Wildman–Crippen MR) is 133 cm³/mol. The minimum absolute atomic E-state index is 0.0131. The number of alkyl halides is 3. The van der Waals surface area contributed by atoms with Crippen molar-refractivity contribution in [3.8, 4) is 17.5 Å². The van der Waals surface area contributed by atoms with E-state index in [2.05, 4.69) is 46.0 Å². The van der Waals surface area contributed by atoms with E-state index in [1.807, 2.05) is 12.1 Å². The van der Waals surface area contributed by atoms with E-state index in [-0.39, 0.29) is 11.9 Å². The Balaban J connectivity index is 0.00000145. The SMILES string of the molecule is C=CCOc1ccc(Nc2nc(NCc3ccc(OC)cc3)nc(OCC(F)(F)F)n2)cc1.CCC. The van der Waals surface area contributed by atoms with Gasteiger partial charge in [-0.1, -0.05) is 45.1 Å². The Labute approximate surface area is 208 Å². The molecule has 0 aliphatic carbocycles. The second-order valence-corrected chi connectivity index (χ2v) is 7.33. The van der Waals surface area contributed by atoms with Crippen molar-refractivity contribution in [3.63, 3.8) is 0 Å². The lowest BCUT2D eigenvalue weighted by Gasteiger charge is -2.12. The summed E-state index contributed by atoms with van der Waals surface area (Å²) in [5.74, 6) is 1.40. The van der Waals surface area contributed by atoms with Crippen LogP contribution in [0.2, 0.25) is 0 Å². The molecule has 0 spiro atoms. The highest BCUT2D eigenvalue weighted by molar-refractivity contribution is 5.55. The summed E-state index contributed by atoms with van der Waals surface area (Å²) in [6, 6.07) is 13.6. The first-order valence-electron chi connectivity index (χ1n) is 11.2. The van der Waals surface area contributed by atoms with Crippen LogP contribution in [0.3, 0.4) is 0 Å². The molecule has 8 nitrogen and oxygen atoms in total. The fourth-order valence-corrected chi connectivity index (χ4v) is 2.55. The third-order valence-corrected chi connectivity index (χ3v) is 4.07. The topological polar surface area (TPSA) is 90.4 Å². The quantitative estimate of drug-likeness (QED) is 0.300. The van der Waals surface area contributed by atoms with Gasteiger partial charge in [0.25, 0.3) is 0 Å². The van der Waals surface area contributed by atoms with E-state index in [1.54, 1.807) is 49.6 Å². The first-order valence-corrected chi connectivity index (χ1v) is 11.2. The number of hydrogen-bond acceptors (Lipinski definition) is 8. The molecule has 3 rings (SSSR count). The molecular formula is C25H30F3N5O3. The van der Waals surface area contributed by atoms with Crippen LogP contribution in [0, 0.1) is 0 Å². The predicted octanol–water partition coefficient (Wildman–Crippen LogP) is 6.16. The van der Waals surface area contributed by atoms with Crippen molar-refractivity contribution >= 4 is 17.6 Å². The summed E-state index contributed by atoms with van der Waals surface area (Å²) in [6.45, 7) is 7.00. The van der Waals surface area contributed by atoms with Gasteiger partial charge >= 0.3 is 12.2 Å². The van der Waals surface area contributed by atoms with Crippen molar-refractivity contribution in [2.75, 3.05) is 31.0 Å². The van der Waals surface area contributed by atoms with Gasteiger partial charge in [-0.2, -0.15) is 28.1 Å². The maximum absolute atomic E-state index is 12.6. The lowest BCUT2D eigenvalue weighted by Crippen LogP contribution is -2.21. The van der Waals surface area contributed by atoms with E-state index in [9.17, 15) is 13.2 Å². The Kier molecular flexibility index (Phi) is 11.3. The van der Waals surface area contributed by atoms with E-state index in [4.69, 9.17) is 14.2 Å². The zero-order chi connectivity index (χ0) is 26.4. The molecule has 2 aromatic carbocycles. The Bertz CT molecular complexity index is 1060. The molecule has 36 heavy (non-hydrogen) atoms. The standard InChI is InChI=1S/C22H22F3N5O3.C3H8/c1-3-12-32-18-10-6-16(7-11-18)27-20-28-19(29-21(30-20)33-14-22(23,24)25)26-13-15-4-8-17(31-2)9-5-15;1-3-2/h3-11H,1,12-14H2,2H3,(H2,26,27,28,29,30);3H2,1-2H3. The smallest absolute Gasteiger partial charge is 0.422 e. The fourth-order valence-electron chi connectivity index (χ4n) is 2.55. The van der Waals surface area contributed by atoms with Crippen molar-refractivity contribution in [3.05, 3.63) is 66.7 Å². The lowest BCUT2D eigenvalue weighted by molar-refractivity contribution is -0.154. The van der Waals surface area contributed by atoms with Crippen molar-refractivity contribution < 1.29 is 27.4 Å². The maximum Gasteiger partial charge on any atom is 0.422 e. The summed E-state index contributed by atoms with van der Waals surface area (Å²) < 4.78 is 53.0. The van der Waals surface area contributed by atoms with Gasteiger partial charge in [0.15, 0.2) is 6.61 Å². The van der Waals surface area contributed by atoms with Gasteiger partial charge in [0.05, 0.1) is 7.11 Å². The van der Waals surface area contributed by atoms with Gasteiger partial charge in [-0.3, -0.25) is 0 Å². The van der Waals surface area contributed by atoms with Crippen LogP contribution >= 0.6 is 0 Å². The van der Waals surface area contributed by atoms with E-state index < -0.39 is 18.8 Å². The van der Waals surface area contributed by atoms with E-state index in [1.165, 1.54) is 6.42 Å². The second kappa shape index (κ2) is 14.4. The molecular weight excluding hydrogens is 475 g/mol. The Hall–Kier alpha value is -4.02. The third kappa shape index (κ3) is 10.5. The van der Waals surface area contributed by atoms with Gasteiger partial charge < -0.3 is 24.8 Å². The highest BCUT2D eigenvalue weighted by Gasteiger charge is 2.29. The molecule has 0 saturated carbocycles. The van der Waals surface area contributed by atoms with Crippen molar-refractivity contribution in [1.29, 1.82) is 0 Å². The summed E-state index contributed by atoms with van der Waals surface area (Å²) in [5.41, 5.74) is 1.48. The van der Waals surface area contributed by atoms with Gasteiger partial charge in [0, 0.05) is 12.2 Å². The average molecular weight is 506 g/mol. The normalized spacial score (nSPS) is 10.5. The first-order chi connectivity index (χ1) is 17.3. The summed E-state index contributed by atoms with van der Waals surface area (Å²) in [6.07, 6.45) is -1.65. The number of nitrogens with zero attached hydrogens (tertiary/aromatic N) is 3. The van der Waals surface area contributed by atoms with Crippen LogP contribution in [-0.2, 0) is 6.54 Å². The molecule has 1 heterocycles. The summed E-state index contributed by atoms with van der Waals surface area (Å²) in [5, 5.41) is 5.88. The zero-order valence-electron chi connectivity index (χ0n) is 20.4. The molecule has 11 heteroatoms. The van der Waals surface area contributed by atoms with Crippen LogP contribution in [0.25, 0.3) is 0 Å². The number of ether oxygens (including phenoxy) is 3. The van der Waals surface area contributed by atoms with Crippen LogP contribution < -0.4 is 24.8 Å². The van der Waals surface area contributed by atoms with Gasteiger partial charge in [-0.05, 0) is 42.0 Å². The molecule has 0 amide bonds. The summed E-state index contributed by atoms with van der Waals surface area (Å²) >= 11 is 0. The van der Waals surface area contributed by atoms with Crippen molar-refractivity contribution in [2.45, 2.75) is 33.0 Å². The zero-order valence-corrected chi connectivity index (χ0v) is 20.4. The molecule has 1 aromatic heterocycles. The van der Waals surface area contributed by atoms with Crippen molar-refractivity contribution in [1.82, 2.24) is 15.0 Å². The fraction of sp³-hybridized carbons (Fsp3) is 0.320. The van der Waals surface area contributed by atoms with Crippen molar-refractivity contribution in [2.24, 2.45) is 0 Å². The number of benzene rings is 2. The first kappa shape index (κ1) is 28.2. The number of methoxy groups -OCH3 is 1. The monoisotopic (exact) mass is 505 g/mol. The van der Waals surface area contributed by atoms with Crippen LogP contribution in [0.4, 0.5) is 30.8 Å². The maximum atomic E-state index is 12.6. The average Bonchev–Trinajstić information content (AvgIpc) is 2.86. The molecule has 0 radical (unpaired) electrons. The molecule has 3 aromatic rings. The largest absolute Gasteiger partial charge is 0.497 e. The van der Waals surface area contributed by atoms with Crippen LogP contribution in [0.5, 0.6) is 17.5 Å². The molecule has 194 valence electrons.